The van der Waals surface area contributed by atoms with Crippen molar-refractivity contribution in [2.45, 2.75) is 0 Å². The van der Waals surface area contributed by atoms with Gasteiger partial charge in [0.1, 0.15) is 4.61 Å². The second-order valence-corrected chi connectivity index (χ2v) is 3.65. The predicted molar refractivity (Wildman–Crippen MR) is 56.8 cm³/mol. The van der Waals surface area contributed by atoms with E-state index in [2.05, 4.69) is 21.5 Å². The highest BCUT2D eigenvalue weighted by molar-refractivity contribution is 9.11. The van der Waals surface area contributed by atoms with Gasteiger partial charge in [-0.15, -0.1) is 5.53 Å². The molecule has 0 aromatic heterocycles. The number of benzene rings is 1. The fourth-order valence-corrected chi connectivity index (χ4v) is 1.80. The van der Waals surface area contributed by atoms with Gasteiger partial charge in [0.05, 0.1) is 5.69 Å². The summed E-state index contributed by atoms with van der Waals surface area (Å²) in [5.41, 5.74) is 4.25. The molecule has 1 heterocycles. The van der Waals surface area contributed by atoms with Crippen LogP contribution in [0, 0.1) is 0 Å². The first kappa shape index (κ1) is 8.59. The highest BCUT2D eigenvalue weighted by atomic mass is 79.9. The Morgan fingerprint density at radius 2 is 1.92 bits per heavy atom. The topological polar surface area (TPSA) is 18.5 Å². The molecule has 0 radical (unpaired) electrons. The van der Waals surface area contributed by atoms with Gasteiger partial charge in [-0.05, 0) is 28.1 Å². The van der Waals surface area contributed by atoms with E-state index < -0.39 is 0 Å². The van der Waals surface area contributed by atoms with Gasteiger partial charge >= 0.3 is 0 Å². The molecule has 68 valence electrons. The van der Waals surface area contributed by atoms with E-state index in [0.29, 0.717) is 0 Å². The van der Waals surface area contributed by atoms with E-state index in [1.807, 2.05) is 53.6 Å². The van der Waals surface area contributed by atoms with Gasteiger partial charge in [0.2, 0.25) is 0 Å². The minimum Gasteiger partial charge on any atom is -0.298 e. The first-order chi connectivity index (χ1) is 6.27. The molecule has 1 aliphatic rings. The first-order valence-electron chi connectivity index (χ1n) is 3.99. The van der Waals surface area contributed by atoms with Crippen molar-refractivity contribution < 1.29 is 0 Å². The van der Waals surface area contributed by atoms with E-state index in [1.165, 1.54) is 0 Å². The summed E-state index contributed by atoms with van der Waals surface area (Å²) in [5.74, 6) is 0. The van der Waals surface area contributed by atoms with Gasteiger partial charge < -0.3 is 0 Å². The maximum absolute atomic E-state index is 3.46. The molecule has 0 amide bonds. The molecule has 3 nitrogen and oxygen atoms in total. The van der Waals surface area contributed by atoms with Gasteiger partial charge in [-0.1, -0.05) is 18.2 Å². The summed E-state index contributed by atoms with van der Waals surface area (Å²) >= 11 is 3.46. The van der Waals surface area contributed by atoms with Crippen LogP contribution in [0.5, 0.6) is 0 Å². The molecule has 1 N–H and O–H groups in total. The normalized spacial score (nSPS) is 16.3. The van der Waals surface area contributed by atoms with Gasteiger partial charge in [0.15, 0.2) is 0 Å². The van der Waals surface area contributed by atoms with Crippen LogP contribution in [-0.4, -0.2) is 12.1 Å². The van der Waals surface area contributed by atoms with Crippen molar-refractivity contribution in [1.82, 2.24) is 10.5 Å². The summed E-state index contributed by atoms with van der Waals surface area (Å²) in [6.07, 6.45) is 1.97. The maximum Gasteiger partial charge on any atom is 0.120 e. The Balaban J connectivity index is 2.25. The first-order valence-corrected chi connectivity index (χ1v) is 4.78. The molecule has 0 saturated carbocycles. The lowest BCUT2D eigenvalue weighted by Crippen LogP contribution is -2.37. The highest BCUT2D eigenvalue weighted by Gasteiger charge is 2.16. The summed E-state index contributed by atoms with van der Waals surface area (Å²) in [5, 5.41) is 3.84. The van der Waals surface area contributed by atoms with Crippen molar-refractivity contribution in [3.63, 3.8) is 0 Å². The molecule has 0 bridgehead atoms. The van der Waals surface area contributed by atoms with Gasteiger partial charge in [-0.2, -0.15) is 0 Å². The minimum absolute atomic E-state index is 1.00. The average Bonchev–Trinajstić information content (AvgIpc) is 2.47. The van der Waals surface area contributed by atoms with E-state index in [-0.39, 0.29) is 0 Å². The number of hydrogen-bond acceptors (Lipinski definition) is 3. The lowest BCUT2D eigenvalue weighted by Gasteiger charge is -2.20. The van der Waals surface area contributed by atoms with Crippen LogP contribution in [0.1, 0.15) is 0 Å². The monoisotopic (exact) mass is 239 g/mol. The molecule has 0 aliphatic carbocycles. The molecular formula is C9H10BrN3. The third-order valence-corrected chi connectivity index (χ3v) is 2.35. The Morgan fingerprint density at radius 3 is 2.46 bits per heavy atom. The number of nitrogens with zero attached hydrogens (tertiary/aromatic N) is 2. The van der Waals surface area contributed by atoms with E-state index in [4.69, 9.17) is 0 Å². The van der Waals surface area contributed by atoms with Crippen LogP contribution in [0.2, 0.25) is 0 Å². The van der Waals surface area contributed by atoms with Crippen LogP contribution >= 0.6 is 15.9 Å². The van der Waals surface area contributed by atoms with Gasteiger partial charge in [0, 0.05) is 13.2 Å². The van der Waals surface area contributed by atoms with E-state index >= 15 is 0 Å². The molecule has 13 heavy (non-hydrogen) atoms. The summed E-state index contributed by atoms with van der Waals surface area (Å²) < 4.78 is 1.00. The number of hydrogen-bond donors (Lipinski definition) is 1. The van der Waals surface area contributed by atoms with E-state index in [9.17, 15) is 0 Å². The predicted octanol–water partition coefficient (Wildman–Crippen LogP) is 2.05. The SMILES string of the molecule is CN1C=C(Br)N(c2ccccc2)N1. The molecule has 0 atom stereocenters. The summed E-state index contributed by atoms with van der Waals surface area (Å²) in [6, 6.07) is 10.1. The minimum atomic E-state index is 1.00. The molecule has 4 heteroatoms. The highest BCUT2D eigenvalue weighted by Crippen LogP contribution is 2.23. The van der Waals surface area contributed by atoms with E-state index in [0.717, 1.165) is 10.3 Å². The number of rotatable bonds is 1. The van der Waals surface area contributed by atoms with Crippen molar-refractivity contribution >= 4 is 21.6 Å². The number of para-hydroxylation sites is 1. The Kier molecular flexibility index (Phi) is 2.24. The number of anilines is 1. The summed E-state index contributed by atoms with van der Waals surface area (Å²) in [6.45, 7) is 0. The van der Waals surface area contributed by atoms with Gasteiger partial charge in [-0.25, -0.2) is 0 Å². The largest absolute Gasteiger partial charge is 0.298 e. The summed E-state index contributed by atoms with van der Waals surface area (Å²) in [4.78, 5) is 0. The van der Waals surface area contributed by atoms with Crippen molar-refractivity contribution in [3.05, 3.63) is 41.1 Å². The molecule has 0 spiro atoms. The fraction of sp³-hybridized carbons (Fsp3) is 0.111. The fourth-order valence-electron chi connectivity index (χ4n) is 1.21. The molecule has 2 rings (SSSR count). The molecule has 1 aromatic rings. The van der Waals surface area contributed by atoms with Crippen molar-refractivity contribution in [1.29, 1.82) is 0 Å². The quantitative estimate of drug-likeness (QED) is 0.758. The lowest BCUT2D eigenvalue weighted by atomic mass is 10.3. The van der Waals surface area contributed by atoms with E-state index in [1.54, 1.807) is 0 Å². The van der Waals surface area contributed by atoms with Crippen molar-refractivity contribution in [2.75, 3.05) is 12.1 Å². The number of hydrazine groups is 2. The Morgan fingerprint density at radius 1 is 1.23 bits per heavy atom. The van der Waals surface area contributed by atoms with Gasteiger partial charge in [0.25, 0.3) is 0 Å². The zero-order valence-electron chi connectivity index (χ0n) is 7.24. The second kappa shape index (κ2) is 3.40. The maximum atomic E-state index is 3.46. The van der Waals surface area contributed by atoms with Crippen molar-refractivity contribution in [2.24, 2.45) is 0 Å². The third kappa shape index (κ3) is 1.68. The number of nitrogens with one attached hydrogen (secondary N) is 1. The Labute approximate surface area is 85.7 Å². The van der Waals surface area contributed by atoms with Crippen LogP contribution in [0.25, 0.3) is 0 Å². The molecule has 1 aliphatic heterocycles. The van der Waals surface area contributed by atoms with Crippen LogP contribution < -0.4 is 10.5 Å². The van der Waals surface area contributed by atoms with Gasteiger partial charge in [-0.3, -0.25) is 10.0 Å². The molecule has 0 saturated heterocycles. The van der Waals surface area contributed by atoms with Crippen molar-refractivity contribution in [3.8, 4) is 0 Å². The molecule has 0 unspecified atom stereocenters. The molecule has 0 fully saturated rings. The summed E-state index contributed by atoms with van der Waals surface area (Å²) in [7, 11) is 1.95. The second-order valence-electron chi connectivity index (χ2n) is 2.83. The smallest absolute Gasteiger partial charge is 0.120 e. The number of halogens is 1. The zero-order valence-corrected chi connectivity index (χ0v) is 8.82. The standard InChI is InChI=1S/C9H10BrN3/c1-12-7-9(10)13(11-12)8-5-3-2-4-6-8/h2-7,11H,1H3. The van der Waals surface area contributed by atoms with Crippen LogP contribution in [0.4, 0.5) is 5.69 Å². The Bertz CT molecular complexity index is 323. The lowest BCUT2D eigenvalue weighted by molar-refractivity contribution is 0.359. The average molecular weight is 240 g/mol. The zero-order chi connectivity index (χ0) is 9.26. The Hall–Kier alpha value is -1.00. The van der Waals surface area contributed by atoms with Crippen LogP contribution in [-0.2, 0) is 0 Å². The third-order valence-electron chi connectivity index (χ3n) is 1.79. The van der Waals surface area contributed by atoms with Crippen LogP contribution in [0.15, 0.2) is 41.1 Å². The molecule has 1 aromatic carbocycles. The molecular weight excluding hydrogens is 230 g/mol. The van der Waals surface area contributed by atoms with Crippen LogP contribution in [0.3, 0.4) is 0 Å².